The maximum absolute atomic E-state index is 10.5. The fourth-order valence-electron chi connectivity index (χ4n) is 0.405. The number of rotatable bonds is 0. The molecule has 0 radical (unpaired) electrons. The highest BCUT2D eigenvalue weighted by molar-refractivity contribution is 6.21. The fourth-order valence-corrected chi connectivity index (χ4v) is 0.405. The van der Waals surface area contributed by atoms with Crippen LogP contribution >= 0.6 is 0 Å². The van der Waals surface area contributed by atoms with Gasteiger partial charge in [0.1, 0.15) is 0 Å². The van der Waals surface area contributed by atoms with Crippen molar-refractivity contribution in [2.75, 3.05) is 0 Å². The van der Waals surface area contributed by atoms with Gasteiger partial charge in [0.05, 0.1) is 5.57 Å². The van der Waals surface area contributed by atoms with Gasteiger partial charge < -0.3 is 0 Å². The van der Waals surface area contributed by atoms with Crippen molar-refractivity contribution in [1.82, 2.24) is 5.32 Å². The van der Waals surface area contributed by atoms with Gasteiger partial charge in [-0.25, -0.2) is 9.79 Å². The van der Waals surface area contributed by atoms with Crippen LogP contribution in [0.2, 0.25) is 0 Å². The number of hydrogen-bond donors (Lipinski definition) is 1. The monoisotopic (exact) mass is 124 g/mol. The molecule has 9 heavy (non-hydrogen) atoms. The Morgan fingerprint density at radius 3 is 2.67 bits per heavy atom. The molecule has 0 saturated carbocycles. The minimum Gasteiger partial charge on any atom is -0.272 e. The Balaban J connectivity index is 2.89. The highest BCUT2D eigenvalue weighted by atomic mass is 16.2. The van der Waals surface area contributed by atoms with E-state index in [9.17, 15) is 9.59 Å². The number of imide groups is 1. The van der Waals surface area contributed by atoms with Crippen molar-refractivity contribution in [3.63, 3.8) is 0 Å². The van der Waals surface area contributed by atoms with E-state index in [0.717, 1.165) is 6.21 Å². The van der Waals surface area contributed by atoms with Crippen LogP contribution in [0.3, 0.4) is 0 Å². The molecule has 1 aliphatic rings. The lowest BCUT2D eigenvalue weighted by Gasteiger charge is -2.03. The van der Waals surface area contributed by atoms with E-state index < -0.39 is 11.9 Å². The standard InChI is InChI=1S/C5H4N2O2/c1-3-2-6-5(9)7-4(3)8/h2H,1H2,(H,7,8,9). The molecule has 1 N–H and O–H groups in total. The molecule has 0 atom stereocenters. The summed E-state index contributed by atoms with van der Waals surface area (Å²) in [6.45, 7) is 3.32. The largest absolute Gasteiger partial charge is 0.347 e. The average Bonchev–Trinajstić information content (AvgIpc) is 1.80. The van der Waals surface area contributed by atoms with E-state index in [-0.39, 0.29) is 5.57 Å². The lowest BCUT2D eigenvalue weighted by molar-refractivity contribution is -0.116. The molecule has 0 aromatic heterocycles. The molecule has 3 amide bonds. The van der Waals surface area contributed by atoms with Gasteiger partial charge in [0.25, 0.3) is 5.91 Å². The van der Waals surface area contributed by atoms with Crippen LogP contribution in [-0.4, -0.2) is 18.2 Å². The molecule has 1 rings (SSSR count). The second-order valence-electron chi connectivity index (χ2n) is 1.54. The highest BCUT2D eigenvalue weighted by Gasteiger charge is 2.12. The van der Waals surface area contributed by atoms with Crippen LogP contribution in [0.15, 0.2) is 17.1 Å². The summed E-state index contributed by atoms with van der Waals surface area (Å²) in [6.07, 6.45) is 1.14. The number of carbonyl (C=O) groups excluding carboxylic acids is 2. The topological polar surface area (TPSA) is 58.5 Å². The Bertz CT molecular complexity index is 217. The third kappa shape index (κ3) is 1.02. The summed E-state index contributed by atoms with van der Waals surface area (Å²) in [5.74, 6) is -0.477. The summed E-state index contributed by atoms with van der Waals surface area (Å²) >= 11 is 0. The number of amides is 3. The van der Waals surface area contributed by atoms with Crippen molar-refractivity contribution in [3.05, 3.63) is 12.2 Å². The third-order valence-corrected chi connectivity index (χ3v) is 0.850. The minimum absolute atomic E-state index is 0.203. The van der Waals surface area contributed by atoms with Gasteiger partial charge in [-0.2, -0.15) is 0 Å². The van der Waals surface area contributed by atoms with Gasteiger partial charge in [0, 0.05) is 6.21 Å². The zero-order chi connectivity index (χ0) is 6.85. The van der Waals surface area contributed by atoms with Crippen LogP contribution in [0.4, 0.5) is 4.79 Å². The fraction of sp³-hybridized carbons (Fsp3) is 0. The molecule has 4 heteroatoms. The number of urea groups is 1. The number of carbonyl (C=O) groups is 2. The Kier molecular flexibility index (Phi) is 1.14. The SMILES string of the molecule is C=C1C=NC(=O)NC1=O. The molecule has 0 aromatic carbocycles. The van der Waals surface area contributed by atoms with Gasteiger partial charge >= 0.3 is 6.03 Å². The first-order chi connectivity index (χ1) is 4.20. The van der Waals surface area contributed by atoms with Gasteiger partial charge in [-0.15, -0.1) is 0 Å². The normalized spacial score (nSPS) is 18.0. The molecule has 0 aromatic rings. The summed E-state index contributed by atoms with van der Waals surface area (Å²) in [6, 6.07) is -0.632. The molecular formula is C5H4N2O2. The Morgan fingerprint density at radius 2 is 2.22 bits per heavy atom. The van der Waals surface area contributed by atoms with Crippen LogP contribution in [0.25, 0.3) is 0 Å². The van der Waals surface area contributed by atoms with Crippen LogP contribution in [0, 0.1) is 0 Å². The van der Waals surface area contributed by atoms with Crippen LogP contribution in [0.5, 0.6) is 0 Å². The molecule has 0 unspecified atom stereocenters. The summed E-state index contributed by atoms with van der Waals surface area (Å²) in [5, 5.41) is 1.95. The number of aliphatic imine (C=N–C) groups is 1. The van der Waals surface area contributed by atoms with Crippen molar-refractivity contribution in [1.29, 1.82) is 0 Å². The molecule has 1 aliphatic heterocycles. The first kappa shape index (κ1) is 5.68. The second kappa shape index (κ2) is 1.81. The molecule has 0 bridgehead atoms. The third-order valence-electron chi connectivity index (χ3n) is 0.850. The predicted octanol–water partition coefficient (Wildman–Crippen LogP) is -0.137. The Morgan fingerprint density at radius 1 is 1.56 bits per heavy atom. The zero-order valence-corrected chi connectivity index (χ0v) is 4.55. The van der Waals surface area contributed by atoms with Crippen LogP contribution in [-0.2, 0) is 4.79 Å². The number of nitrogens with one attached hydrogen (secondary N) is 1. The first-order valence-corrected chi connectivity index (χ1v) is 2.28. The molecule has 46 valence electrons. The van der Waals surface area contributed by atoms with E-state index >= 15 is 0 Å². The molecule has 0 saturated heterocycles. The lowest BCUT2D eigenvalue weighted by atomic mass is 10.3. The number of hydrogen-bond acceptors (Lipinski definition) is 2. The summed E-state index contributed by atoms with van der Waals surface area (Å²) in [4.78, 5) is 24.0. The van der Waals surface area contributed by atoms with Crippen LogP contribution in [0.1, 0.15) is 0 Å². The minimum atomic E-state index is -0.632. The van der Waals surface area contributed by atoms with E-state index in [1.807, 2.05) is 5.32 Å². The van der Waals surface area contributed by atoms with Crippen molar-refractivity contribution < 1.29 is 9.59 Å². The highest BCUT2D eigenvalue weighted by Crippen LogP contribution is 1.91. The Hall–Kier alpha value is -1.45. The average molecular weight is 124 g/mol. The van der Waals surface area contributed by atoms with Crippen molar-refractivity contribution in [3.8, 4) is 0 Å². The summed E-state index contributed by atoms with van der Waals surface area (Å²) in [5.41, 5.74) is 0.203. The van der Waals surface area contributed by atoms with Crippen LogP contribution < -0.4 is 5.32 Å². The first-order valence-electron chi connectivity index (χ1n) is 2.28. The van der Waals surface area contributed by atoms with E-state index in [1.54, 1.807) is 0 Å². The second-order valence-corrected chi connectivity index (χ2v) is 1.54. The van der Waals surface area contributed by atoms with E-state index in [1.165, 1.54) is 0 Å². The summed E-state index contributed by atoms with van der Waals surface area (Å²) in [7, 11) is 0. The van der Waals surface area contributed by atoms with Crippen molar-refractivity contribution in [2.45, 2.75) is 0 Å². The predicted molar refractivity (Wildman–Crippen MR) is 31.2 cm³/mol. The van der Waals surface area contributed by atoms with Crippen molar-refractivity contribution in [2.24, 2.45) is 4.99 Å². The van der Waals surface area contributed by atoms with E-state index in [0.29, 0.717) is 0 Å². The lowest BCUT2D eigenvalue weighted by Crippen LogP contribution is -2.33. The maximum Gasteiger partial charge on any atom is 0.347 e. The smallest absolute Gasteiger partial charge is 0.272 e. The van der Waals surface area contributed by atoms with Crippen molar-refractivity contribution >= 4 is 18.2 Å². The quantitative estimate of drug-likeness (QED) is 0.457. The molecular weight excluding hydrogens is 120 g/mol. The maximum atomic E-state index is 10.5. The molecule has 4 nitrogen and oxygen atoms in total. The summed E-state index contributed by atoms with van der Waals surface area (Å²) < 4.78 is 0. The molecule has 0 fully saturated rings. The molecule has 0 spiro atoms. The van der Waals surface area contributed by atoms with Gasteiger partial charge in [-0.05, 0) is 0 Å². The van der Waals surface area contributed by atoms with Gasteiger partial charge in [0.2, 0.25) is 0 Å². The van der Waals surface area contributed by atoms with Gasteiger partial charge in [0.15, 0.2) is 0 Å². The molecule has 1 heterocycles. The Labute approximate surface area is 51.3 Å². The molecule has 0 aliphatic carbocycles. The van der Waals surface area contributed by atoms with E-state index in [4.69, 9.17) is 0 Å². The van der Waals surface area contributed by atoms with Gasteiger partial charge in [-0.3, -0.25) is 10.1 Å². The van der Waals surface area contributed by atoms with Gasteiger partial charge in [-0.1, -0.05) is 6.58 Å². The number of nitrogens with zero attached hydrogens (tertiary/aromatic N) is 1. The van der Waals surface area contributed by atoms with E-state index in [2.05, 4.69) is 11.6 Å². The zero-order valence-electron chi connectivity index (χ0n) is 4.55.